The molecule has 0 aliphatic carbocycles. The average Bonchev–Trinajstić information content (AvgIpc) is 2.35. The van der Waals surface area contributed by atoms with Gasteiger partial charge < -0.3 is 14.8 Å². The second kappa shape index (κ2) is 7.74. The Morgan fingerprint density at radius 2 is 1.76 bits per heavy atom. The zero-order chi connectivity index (χ0) is 12.5. The Hall–Kier alpha value is -1.48. The van der Waals surface area contributed by atoms with Crippen LogP contribution in [0.3, 0.4) is 0 Å². The van der Waals surface area contributed by atoms with Crippen molar-refractivity contribution in [1.82, 2.24) is 5.32 Å². The van der Waals surface area contributed by atoms with Crippen LogP contribution >= 0.6 is 0 Å². The Labute approximate surface area is 103 Å². The normalized spacial score (nSPS) is 10.0. The molecule has 0 radical (unpaired) electrons. The van der Waals surface area contributed by atoms with Crippen LogP contribution in [-0.2, 0) is 0 Å². The quantitative estimate of drug-likeness (QED) is 0.703. The summed E-state index contributed by atoms with van der Waals surface area (Å²) in [6, 6.07) is 7.67. The van der Waals surface area contributed by atoms with Gasteiger partial charge in [0, 0.05) is 6.54 Å². The fourth-order valence-electron chi connectivity index (χ4n) is 1.34. The first-order valence-corrected chi connectivity index (χ1v) is 5.93. The third kappa shape index (κ3) is 5.41. The van der Waals surface area contributed by atoms with Crippen molar-refractivity contribution in [2.45, 2.75) is 13.3 Å². The van der Waals surface area contributed by atoms with Crippen LogP contribution in [-0.4, -0.2) is 26.8 Å². The van der Waals surface area contributed by atoms with Gasteiger partial charge in [0.15, 0.2) is 0 Å². The van der Waals surface area contributed by atoms with E-state index in [1.54, 1.807) is 0 Å². The molecule has 0 aliphatic heterocycles. The van der Waals surface area contributed by atoms with Crippen molar-refractivity contribution < 1.29 is 9.47 Å². The van der Waals surface area contributed by atoms with Gasteiger partial charge in [0.25, 0.3) is 0 Å². The summed E-state index contributed by atoms with van der Waals surface area (Å²) >= 11 is 0. The van der Waals surface area contributed by atoms with Crippen molar-refractivity contribution in [1.29, 1.82) is 0 Å². The molecule has 94 valence electrons. The highest BCUT2D eigenvalue weighted by Gasteiger charge is 1.97. The van der Waals surface area contributed by atoms with Crippen molar-refractivity contribution in [2.75, 3.05) is 26.8 Å². The number of benzene rings is 1. The Morgan fingerprint density at radius 1 is 1.18 bits per heavy atom. The monoisotopic (exact) mass is 235 g/mol. The van der Waals surface area contributed by atoms with Gasteiger partial charge in [-0.15, -0.1) is 0 Å². The fourth-order valence-corrected chi connectivity index (χ4v) is 1.34. The van der Waals surface area contributed by atoms with Gasteiger partial charge in [0.1, 0.15) is 18.1 Å². The molecule has 0 atom stereocenters. The Kier molecular flexibility index (Phi) is 6.18. The van der Waals surface area contributed by atoms with Crippen molar-refractivity contribution in [3.8, 4) is 11.5 Å². The molecule has 0 unspecified atom stereocenters. The lowest BCUT2D eigenvalue weighted by Gasteiger charge is -2.09. The number of hydrogen-bond acceptors (Lipinski definition) is 3. The third-order valence-corrected chi connectivity index (χ3v) is 2.17. The van der Waals surface area contributed by atoms with Crippen LogP contribution in [0.25, 0.3) is 0 Å². The summed E-state index contributed by atoms with van der Waals surface area (Å²) in [5.41, 5.74) is 1.03. The Bertz CT molecular complexity index is 333. The standard InChI is InChI=1S/C14H21NO2/c1-4-9-16-13-5-7-14(8-6-13)17-11-12(2)10-15-3/h5-8,15H,2,4,9-11H2,1,3H3. The molecule has 0 bridgehead atoms. The van der Waals surface area contributed by atoms with E-state index >= 15 is 0 Å². The van der Waals surface area contributed by atoms with Crippen LogP contribution in [0.5, 0.6) is 11.5 Å². The van der Waals surface area contributed by atoms with Gasteiger partial charge in [-0.25, -0.2) is 0 Å². The lowest BCUT2D eigenvalue weighted by atomic mass is 10.3. The smallest absolute Gasteiger partial charge is 0.120 e. The van der Waals surface area contributed by atoms with E-state index in [2.05, 4.69) is 18.8 Å². The number of likely N-dealkylation sites (N-methyl/N-ethyl adjacent to an activating group) is 1. The molecular formula is C14H21NO2. The summed E-state index contributed by atoms with van der Waals surface area (Å²) in [4.78, 5) is 0. The molecule has 0 fully saturated rings. The van der Waals surface area contributed by atoms with Gasteiger partial charge >= 0.3 is 0 Å². The molecule has 1 aromatic rings. The second-order valence-corrected chi connectivity index (χ2v) is 3.89. The molecule has 0 aliphatic rings. The van der Waals surface area contributed by atoms with Crippen LogP contribution in [0.15, 0.2) is 36.4 Å². The van der Waals surface area contributed by atoms with Crippen molar-refractivity contribution in [3.05, 3.63) is 36.4 Å². The molecule has 0 heterocycles. The van der Waals surface area contributed by atoms with Crippen molar-refractivity contribution in [3.63, 3.8) is 0 Å². The van der Waals surface area contributed by atoms with Gasteiger partial charge in [-0.1, -0.05) is 13.5 Å². The molecule has 3 nitrogen and oxygen atoms in total. The summed E-state index contributed by atoms with van der Waals surface area (Å²) in [6.07, 6.45) is 1.02. The highest BCUT2D eigenvalue weighted by molar-refractivity contribution is 5.31. The lowest BCUT2D eigenvalue weighted by Crippen LogP contribution is -2.14. The van der Waals surface area contributed by atoms with Crippen LogP contribution in [0.2, 0.25) is 0 Å². The maximum atomic E-state index is 5.58. The fraction of sp³-hybridized carbons (Fsp3) is 0.429. The van der Waals surface area contributed by atoms with Crippen molar-refractivity contribution in [2.24, 2.45) is 0 Å². The summed E-state index contributed by atoms with van der Waals surface area (Å²) < 4.78 is 11.1. The molecule has 1 N–H and O–H groups in total. The number of hydrogen-bond donors (Lipinski definition) is 1. The van der Waals surface area contributed by atoms with E-state index in [-0.39, 0.29) is 0 Å². The summed E-state index contributed by atoms with van der Waals surface area (Å²) in [5.74, 6) is 1.72. The minimum absolute atomic E-state index is 0.538. The van der Waals surface area contributed by atoms with Gasteiger partial charge in [-0.2, -0.15) is 0 Å². The molecule has 0 saturated carbocycles. The van der Waals surface area contributed by atoms with Crippen LogP contribution < -0.4 is 14.8 Å². The predicted molar refractivity (Wildman–Crippen MR) is 70.8 cm³/mol. The van der Waals surface area contributed by atoms with Crippen LogP contribution in [0, 0.1) is 0 Å². The Morgan fingerprint density at radius 3 is 2.29 bits per heavy atom. The zero-order valence-electron chi connectivity index (χ0n) is 10.7. The van der Waals surface area contributed by atoms with Crippen LogP contribution in [0.1, 0.15) is 13.3 Å². The van der Waals surface area contributed by atoms with E-state index in [0.717, 1.165) is 36.6 Å². The number of nitrogens with one attached hydrogen (secondary N) is 1. The lowest BCUT2D eigenvalue weighted by molar-refractivity contribution is 0.315. The molecular weight excluding hydrogens is 214 g/mol. The highest BCUT2D eigenvalue weighted by Crippen LogP contribution is 2.18. The first-order valence-electron chi connectivity index (χ1n) is 5.93. The van der Waals surface area contributed by atoms with Gasteiger partial charge in [-0.05, 0) is 43.3 Å². The first-order chi connectivity index (χ1) is 8.26. The number of ether oxygens (including phenoxy) is 2. The van der Waals surface area contributed by atoms with Gasteiger partial charge in [-0.3, -0.25) is 0 Å². The van der Waals surface area contributed by atoms with Gasteiger partial charge in [0.2, 0.25) is 0 Å². The number of rotatable bonds is 8. The maximum Gasteiger partial charge on any atom is 0.120 e. The zero-order valence-corrected chi connectivity index (χ0v) is 10.7. The molecule has 1 aromatic carbocycles. The SMILES string of the molecule is C=C(CNC)COc1ccc(OCCC)cc1. The molecule has 3 heteroatoms. The predicted octanol–water partition coefficient (Wildman–Crippen LogP) is 2.63. The summed E-state index contributed by atoms with van der Waals surface area (Å²) in [7, 11) is 1.89. The minimum Gasteiger partial charge on any atom is -0.494 e. The van der Waals surface area contributed by atoms with E-state index in [0.29, 0.717) is 6.61 Å². The highest BCUT2D eigenvalue weighted by atomic mass is 16.5. The van der Waals surface area contributed by atoms with E-state index < -0.39 is 0 Å². The van der Waals surface area contributed by atoms with E-state index in [4.69, 9.17) is 9.47 Å². The average molecular weight is 235 g/mol. The Balaban J connectivity index is 2.37. The largest absolute Gasteiger partial charge is 0.494 e. The van der Waals surface area contributed by atoms with Crippen LogP contribution in [0.4, 0.5) is 0 Å². The maximum absolute atomic E-state index is 5.58. The molecule has 0 amide bonds. The molecule has 0 spiro atoms. The van der Waals surface area contributed by atoms with E-state index in [9.17, 15) is 0 Å². The van der Waals surface area contributed by atoms with Crippen molar-refractivity contribution >= 4 is 0 Å². The second-order valence-electron chi connectivity index (χ2n) is 3.89. The van der Waals surface area contributed by atoms with Gasteiger partial charge in [0.05, 0.1) is 6.61 Å². The molecule has 0 aromatic heterocycles. The minimum atomic E-state index is 0.538. The molecule has 0 saturated heterocycles. The topological polar surface area (TPSA) is 30.5 Å². The third-order valence-electron chi connectivity index (χ3n) is 2.17. The van der Waals surface area contributed by atoms with E-state index in [1.165, 1.54) is 0 Å². The summed E-state index contributed by atoms with van der Waals surface area (Å²) in [6.45, 7) is 8.06. The first kappa shape index (κ1) is 13.6. The van der Waals surface area contributed by atoms with E-state index in [1.807, 2.05) is 31.3 Å². The molecule has 1 rings (SSSR count). The molecule has 17 heavy (non-hydrogen) atoms. The summed E-state index contributed by atoms with van der Waals surface area (Å²) in [5, 5.41) is 3.04.